The van der Waals surface area contributed by atoms with Crippen molar-refractivity contribution in [3.8, 4) is 5.75 Å². The standard InChI is InChI=1S/C40H47N5O5/c1-27-37(39(2,3)29-15-17-32(49-4)18-16-29)35(19-22-43-26-30(20-23-46)41-42-43)50-40(27)33-12-5-6-13-34(33)45(38(40)48)25-28-10-9-11-31(24-28)44-21-8-7-14-36(44)47/h5-6,9-13,15-18,24,26-27,35,37,46H,7-8,14,19-23,25H2,1-4H3/t27-,35+,37-,40+/m0/s1. The van der Waals surface area contributed by atoms with E-state index in [1.54, 1.807) is 11.8 Å². The number of methoxy groups -OCH3 is 1. The van der Waals surface area contributed by atoms with Crippen molar-refractivity contribution in [2.75, 3.05) is 30.1 Å². The van der Waals surface area contributed by atoms with E-state index < -0.39 is 5.60 Å². The number of benzene rings is 3. The van der Waals surface area contributed by atoms with Crippen LogP contribution < -0.4 is 14.5 Å². The number of para-hydroxylation sites is 1. The van der Waals surface area contributed by atoms with Gasteiger partial charge < -0.3 is 24.4 Å². The Labute approximate surface area is 294 Å². The van der Waals surface area contributed by atoms with Gasteiger partial charge in [0.15, 0.2) is 5.60 Å². The summed E-state index contributed by atoms with van der Waals surface area (Å²) in [6, 6.07) is 24.3. The molecule has 0 saturated carbocycles. The van der Waals surface area contributed by atoms with E-state index >= 15 is 4.79 Å². The Hall–Kier alpha value is -4.54. The molecule has 0 bridgehead atoms. The van der Waals surface area contributed by atoms with E-state index in [1.807, 2.05) is 76.7 Å². The SMILES string of the molecule is COc1ccc(C(C)(C)[C@@H]2[C@@H](CCn3cc(CCO)nn3)O[C@]3(C(=O)N(Cc4cccc(N5CCCCC5=O)c4)c4ccccc43)[C@H]2C)cc1. The van der Waals surface area contributed by atoms with Crippen molar-refractivity contribution in [3.63, 3.8) is 0 Å². The molecule has 262 valence electrons. The molecule has 2 fully saturated rings. The van der Waals surface area contributed by atoms with Crippen LogP contribution in [0.5, 0.6) is 5.75 Å². The van der Waals surface area contributed by atoms with Gasteiger partial charge in [0.25, 0.3) is 5.91 Å². The summed E-state index contributed by atoms with van der Waals surface area (Å²) in [5.74, 6) is 0.662. The molecule has 50 heavy (non-hydrogen) atoms. The fraction of sp³-hybridized carbons (Fsp3) is 0.450. The normalized spacial score (nSPS) is 23.6. The summed E-state index contributed by atoms with van der Waals surface area (Å²) in [6.07, 6.45) is 5.15. The second-order valence-corrected chi connectivity index (χ2v) is 14.5. The second-order valence-electron chi connectivity index (χ2n) is 14.5. The van der Waals surface area contributed by atoms with Gasteiger partial charge in [-0.2, -0.15) is 0 Å². The Kier molecular flexibility index (Phi) is 9.26. The van der Waals surface area contributed by atoms with Crippen molar-refractivity contribution in [2.24, 2.45) is 11.8 Å². The molecule has 3 aliphatic heterocycles. The maximum atomic E-state index is 15.1. The molecule has 3 aromatic carbocycles. The van der Waals surface area contributed by atoms with Crippen LogP contribution in [0.15, 0.2) is 79.0 Å². The molecule has 1 N–H and O–H groups in total. The second kappa shape index (κ2) is 13.6. The van der Waals surface area contributed by atoms with Gasteiger partial charge in [-0.15, -0.1) is 5.10 Å². The Bertz CT molecular complexity index is 1850. The smallest absolute Gasteiger partial charge is 0.264 e. The Morgan fingerprint density at radius 3 is 2.60 bits per heavy atom. The first-order valence-electron chi connectivity index (χ1n) is 17.8. The van der Waals surface area contributed by atoms with Crippen molar-refractivity contribution in [1.29, 1.82) is 0 Å². The zero-order valence-electron chi connectivity index (χ0n) is 29.4. The number of carbonyl (C=O) groups excluding carboxylic acids is 2. The summed E-state index contributed by atoms with van der Waals surface area (Å²) in [5, 5.41) is 17.9. The van der Waals surface area contributed by atoms with E-state index in [0.717, 1.165) is 52.4 Å². The first-order valence-corrected chi connectivity index (χ1v) is 17.8. The predicted molar refractivity (Wildman–Crippen MR) is 191 cm³/mol. The lowest BCUT2D eigenvalue weighted by Gasteiger charge is -2.38. The minimum atomic E-state index is -1.18. The van der Waals surface area contributed by atoms with Gasteiger partial charge in [0.1, 0.15) is 5.75 Å². The maximum Gasteiger partial charge on any atom is 0.264 e. The average molecular weight is 678 g/mol. The third-order valence-electron chi connectivity index (χ3n) is 11.2. The van der Waals surface area contributed by atoms with E-state index in [9.17, 15) is 9.90 Å². The fourth-order valence-corrected chi connectivity index (χ4v) is 8.72. The van der Waals surface area contributed by atoms with Crippen molar-refractivity contribution in [2.45, 2.75) is 83.1 Å². The first kappa shape index (κ1) is 33.9. The highest BCUT2D eigenvalue weighted by Gasteiger charge is 2.65. The largest absolute Gasteiger partial charge is 0.497 e. The number of piperidine rings is 1. The summed E-state index contributed by atoms with van der Waals surface area (Å²) >= 11 is 0. The van der Waals surface area contributed by atoms with E-state index in [-0.39, 0.29) is 41.8 Å². The highest BCUT2D eigenvalue weighted by molar-refractivity contribution is 6.07. The topological polar surface area (TPSA) is 110 Å². The van der Waals surface area contributed by atoms with Crippen LogP contribution in [-0.4, -0.2) is 58.3 Å². The molecule has 0 radical (unpaired) electrons. The number of aliphatic hydroxyl groups excluding tert-OH is 1. The van der Waals surface area contributed by atoms with Crippen LogP contribution in [-0.2, 0) is 44.9 Å². The quantitative estimate of drug-likeness (QED) is 0.214. The molecule has 1 spiro atoms. The molecular weight excluding hydrogens is 630 g/mol. The molecule has 4 heterocycles. The Balaban J connectivity index is 1.24. The average Bonchev–Trinajstić information content (AvgIpc) is 3.78. The minimum Gasteiger partial charge on any atom is -0.497 e. The zero-order valence-corrected chi connectivity index (χ0v) is 29.4. The molecule has 4 atom stereocenters. The molecule has 10 nitrogen and oxygen atoms in total. The van der Waals surface area contributed by atoms with Crippen molar-refractivity contribution in [1.82, 2.24) is 15.0 Å². The van der Waals surface area contributed by atoms with Gasteiger partial charge in [-0.3, -0.25) is 14.3 Å². The molecule has 10 heteroatoms. The van der Waals surface area contributed by atoms with Gasteiger partial charge in [0.05, 0.1) is 31.1 Å². The number of aryl methyl sites for hydroxylation is 1. The number of hydrogen-bond donors (Lipinski definition) is 1. The van der Waals surface area contributed by atoms with E-state index in [1.165, 1.54) is 0 Å². The van der Waals surface area contributed by atoms with Crippen LogP contribution in [0.4, 0.5) is 11.4 Å². The Morgan fingerprint density at radius 1 is 1.04 bits per heavy atom. The molecule has 2 saturated heterocycles. The van der Waals surface area contributed by atoms with Crippen molar-refractivity contribution in [3.05, 3.63) is 101 Å². The third-order valence-corrected chi connectivity index (χ3v) is 11.2. The number of ether oxygens (including phenoxy) is 2. The number of amides is 2. The molecule has 2 amide bonds. The summed E-state index contributed by atoms with van der Waals surface area (Å²) in [7, 11) is 1.67. The van der Waals surface area contributed by atoms with Crippen LogP contribution in [0.2, 0.25) is 0 Å². The fourth-order valence-electron chi connectivity index (χ4n) is 8.72. The molecular formula is C40H47N5O5. The van der Waals surface area contributed by atoms with Gasteiger partial charge in [-0.05, 0) is 66.1 Å². The minimum absolute atomic E-state index is 0.0152. The number of rotatable bonds is 11. The third kappa shape index (κ3) is 5.88. The van der Waals surface area contributed by atoms with E-state index in [2.05, 4.69) is 43.2 Å². The molecule has 0 aliphatic carbocycles. The number of aromatic nitrogens is 3. The zero-order chi connectivity index (χ0) is 35.0. The monoisotopic (exact) mass is 677 g/mol. The predicted octanol–water partition coefficient (Wildman–Crippen LogP) is 5.80. The lowest BCUT2D eigenvalue weighted by Crippen LogP contribution is -2.45. The van der Waals surface area contributed by atoms with Crippen LogP contribution in [0.25, 0.3) is 0 Å². The van der Waals surface area contributed by atoms with Gasteiger partial charge in [-0.1, -0.05) is 68.4 Å². The van der Waals surface area contributed by atoms with Gasteiger partial charge >= 0.3 is 0 Å². The Morgan fingerprint density at radius 2 is 1.84 bits per heavy atom. The lowest BCUT2D eigenvalue weighted by molar-refractivity contribution is -0.146. The highest BCUT2D eigenvalue weighted by Crippen LogP contribution is 2.60. The summed E-state index contributed by atoms with van der Waals surface area (Å²) in [4.78, 5) is 31.6. The van der Waals surface area contributed by atoms with E-state index in [4.69, 9.17) is 9.47 Å². The van der Waals surface area contributed by atoms with Gasteiger partial charge in [-0.25, -0.2) is 0 Å². The van der Waals surface area contributed by atoms with Gasteiger partial charge in [0, 0.05) is 61.8 Å². The van der Waals surface area contributed by atoms with Crippen molar-refractivity contribution >= 4 is 23.2 Å². The highest BCUT2D eigenvalue weighted by atomic mass is 16.5. The number of carbonyl (C=O) groups is 2. The van der Waals surface area contributed by atoms with Gasteiger partial charge in [0.2, 0.25) is 5.91 Å². The molecule has 4 aromatic rings. The van der Waals surface area contributed by atoms with Crippen LogP contribution >= 0.6 is 0 Å². The number of aliphatic hydroxyl groups is 1. The number of nitrogens with zero attached hydrogens (tertiary/aromatic N) is 5. The van der Waals surface area contributed by atoms with Crippen LogP contribution in [0.3, 0.4) is 0 Å². The number of anilines is 2. The molecule has 3 aliphatic rings. The van der Waals surface area contributed by atoms with Crippen LogP contribution in [0.1, 0.15) is 68.8 Å². The molecule has 1 aromatic heterocycles. The lowest BCUT2D eigenvalue weighted by atomic mass is 9.63. The summed E-state index contributed by atoms with van der Waals surface area (Å²) in [6.45, 7) is 8.32. The van der Waals surface area contributed by atoms with Crippen LogP contribution in [0, 0.1) is 11.8 Å². The van der Waals surface area contributed by atoms with Crippen molar-refractivity contribution < 1.29 is 24.2 Å². The molecule has 7 rings (SSSR count). The summed E-state index contributed by atoms with van der Waals surface area (Å²) in [5.41, 5.74) is 3.92. The maximum absolute atomic E-state index is 15.1. The van der Waals surface area contributed by atoms with E-state index in [0.29, 0.717) is 38.9 Å². The first-order chi connectivity index (χ1) is 24.2. The summed E-state index contributed by atoms with van der Waals surface area (Å²) < 4.78 is 14.5. The molecule has 0 unspecified atom stereocenters. The number of hydrogen-bond acceptors (Lipinski definition) is 7. The number of fused-ring (bicyclic) bond motifs is 2.